The van der Waals surface area contributed by atoms with Gasteiger partial charge in [0.1, 0.15) is 11.9 Å². The second-order valence-electron chi connectivity index (χ2n) is 4.16. The molecule has 2 aromatic carbocycles. The van der Waals surface area contributed by atoms with Crippen LogP contribution >= 0.6 is 12.4 Å². The highest BCUT2D eigenvalue weighted by atomic mass is 35.5. The number of benzene rings is 2. The molecule has 1 atom stereocenters. The molecule has 0 fully saturated rings. The Hall–Kier alpha value is -1.47. The third kappa shape index (κ3) is 2.45. The molecule has 88 valence electrons. The van der Waals surface area contributed by atoms with Gasteiger partial charge in [-0.25, -0.2) is 0 Å². The Morgan fingerprint density at radius 1 is 0.882 bits per heavy atom. The molecule has 0 bridgehead atoms. The van der Waals surface area contributed by atoms with E-state index >= 15 is 0 Å². The van der Waals surface area contributed by atoms with Crippen molar-refractivity contribution in [2.24, 2.45) is 0 Å². The number of ether oxygens (including phenoxy) is 1. The van der Waals surface area contributed by atoms with Gasteiger partial charge < -0.3 is 4.74 Å². The van der Waals surface area contributed by atoms with Crippen molar-refractivity contribution in [1.82, 2.24) is 0 Å². The van der Waals surface area contributed by atoms with Gasteiger partial charge in [-0.05, 0) is 30.0 Å². The van der Waals surface area contributed by atoms with Gasteiger partial charge in [0, 0.05) is 0 Å². The minimum absolute atomic E-state index is 0. The highest BCUT2D eigenvalue weighted by Crippen LogP contribution is 2.34. The van der Waals surface area contributed by atoms with Gasteiger partial charge in [0.05, 0.1) is 0 Å². The SMILES string of the molecule is Cl.c1ccc(C2CCc3ccccc3O2)cc1. The summed E-state index contributed by atoms with van der Waals surface area (Å²) in [5.74, 6) is 1.04. The zero-order valence-electron chi connectivity index (χ0n) is 9.50. The smallest absolute Gasteiger partial charge is 0.124 e. The van der Waals surface area contributed by atoms with Crippen molar-refractivity contribution in [2.45, 2.75) is 18.9 Å². The van der Waals surface area contributed by atoms with Gasteiger partial charge >= 0.3 is 0 Å². The molecule has 17 heavy (non-hydrogen) atoms. The summed E-state index contributed by atoms with van der Waals surface area (Å²) in [5.41, 5.74) is 2.60. The van der Waals surface area contributed by atoms with E-state index in [-0.39, 0.29) is 18.5 Å². The lowest BCUT2D eigenvalue weighted by Crippen LogP contribution is -2.14. The molecule has 0 N–H and O–H groups in total. The van der Waals surface area contributed by atoms with Crippen molar-refractivity contribution in [3.8, 4) is 5.75 Å². The van der Waals surface area contributed by atoms with Gasteiger partial charge in [0.15, 0.2) is 0 Å². The summed E-state index contributed by atoms with van der Waals surface area (Å²) in [6.07, 6.45) is 2.40. The third-order valence-corrected chi connectivity index (χ3v) is 3.09. The molecule has 1 unspecified atom stereocenters. The first kappa shape index (κ1) is 12.0. The van der Waals surface area contributed by atoms with E-state index in [9.17, 15) is 0 Å². The summed E-state index contributed by atoms with van der Waals surface area (Å²) in [7, 11) is 0. The lowest BCUT2D eigenvalue weighted by Gasteiger charge is -2.26. The topological polar surface area (TPSA) is 9.23 Å². The maximum Gasteiger partial charge on any atom is 0.124 e. The van der Waals surface area contributed by atoms with Gasteiger partial charge in [-0.3, -0.25) is 0 Å². The van der Waals surface area contributed by atoms with E-state index < -0.39 is 0 Å². The first-order valence-corrected chi connectivity index (χ1v) is 5.73. The van der Waals surface area contributed by atoms with Crippen LogP contribution in [-0.4, -0.2) is 0 Å². The molecule has 0 spiro atoms. The molecule has 0 aromatic heterocycles. The number of hydrogen-bond acceptors (Lipinski definition) is 1. The van der Waals surface area contributed by atoms with Crippen LogP contribution in [0.25, 0.3) is 0 Å². The maximum absolute atomic E-state index is 6.02. The van der Waals surface area contributed by atoms with E-state index in [2.05, 4.69) is 42.5 Å². The van der Waals surface area contributed by atoms with Crippen LogP contribution in [0.5, 0.6) is 5.75 Å². The molecule has 1 aliphatic rings. The van der Waals surface area contributed by atoms with Crippen LogP contribution in [0.1, 0.15) is 23.7 Å². The molecule has 1 nitrogen and oxygen atoms in total. The maximum atomic E-state index is 6.02. The number of rotatable bonds is 1. The summed E-state index contributed by atoms with van der Waals surface area (Å²) < 4.78 is 6.02. The fraction of sp³-hybridized carbons (Fsp3) is 0.200. The fourth-order valence-electron chi connectivity index (χ4n) is 2.23. The lowest BCUT2D eigenvalue weighted by molar-refractivity contribution is 0.176. The Balaban J connectivity index is 0.00000108. The molecule has 1 heterocycles. The van der Waals surface area contributed by atoms with Crippen LogP contribution in [-0.2, 0) is 6.42 Å². The van der Waals surface area contributed by atoms with Crippen molar-refractivity contribution >= 4 is 12.4 Å². The zero-order valence-corrected chi connectivity index (χ0v) is 10.3. The van der Waals surface area contributed by atoms with Gasteiger partial charge in [0.25, 0.3) is 0 Å². The van der Waals surface area contributed by atoms with Gasteiger partial charge in [0.2, 0.25) is 0 Å². The van der Waals surface area contributed by atoms with Crippen molar-refractivity contribution in [3.05, 3.63) is 65.7 Å². The second-order valence-corrected chi connectivity index (χ2v) is 4.16. The largest absolute Gasteiger partial charge is 0.485 e. The summed E-state index contributed by atoms with van der Waals surface area (Å²) in [6, 6.07) is 18.8. The third-order valence-electron chi connectivity index (χ3n) is 3.09. The molecule has 0 radical (unpaired) electrons. The van der Waals surface area contributed by atoms with Crippen LogP contribution in [0.15, 0.2) is 54.6 Å². The fourth-order valence-corrected chi connectivity index (χ4v) is 2.23. The number of fused-ring (bicyclic) bond motifs is 1. The van der Waals surface area contributed by atoms with E-state index in [1.54, 1.807) is 0 Å². The van der Waals surface area contributed by atoms with E-state index in [1.165, 1.54) is 11.1 Å². The predicted molar refractivity (Wildman–Crippen MR) is 71.8 cm³/mol. The van der Waals surface area contributed by atoms with E-state index in [0.29, 0.717) is 0 Å². The van der Waals surface area contributed by atoms with Crippen molar-refractivity contribution in [1.29, 1.82) is 0 Å². The highest BCUT2D eigenvalue weighted by Gasteiger charge is 2.20. The molecule has 0 aliphatic carbocycles. The molecule has 2 aromatic rings. The van der Waals surface area contributed by atoms with E-state index in [4.69, 9.17) is 4.74 Å². The number of hydrogen-bond donors (Lipinski definition) is 0. The summed E-state index contributed by atoms with van der Waals surface area (Å²) >= 11 is 0. The van der Waals surface area contributed by atoms with Gasteiger partial charge in [-0.1, -0.05) is 48.5 Å². The Kier molecular flexibility index (Phi) is 3.70. The Labute approximate surface area is 108 Å². The first-order valence-electron chi connectivity index (χ1n) is 5.73. The normalized spacial score (nSPS) is 17.5. The van der Waals surface area contributed by atoms with E-state index in [0.717, 1.165) is 18.6 Å². The molecule has 0 saturated heterocycles. The van der Waals surface area contributed by atoms with Crippen LogP contribution in [0, 0.1) is 0 Å². The van der Waals surface area contributed by atoms with Gasteiger partial charge in [-0.15, -0.1) is 12.4 Å². The Morgan fingerprint density at radius 2 is 1.59 bits per heavy atom. The molecular weight excluding hydrogens is 232 g/mol. The molecule has 0 saturated carbocycles. The van der Waals surface area contributed by atoms with Crippen LogP contribution in [0.3, 0.4) is 0 Å². The highest BCUT2D eigenvalue weighted by molar-refractivity contribution is 5.85. The molecule has 3 rings (SSSR count). The minimum atomic E-state index is 0. The number of halogens is 1. The second kappa shape index (κ2) is 5.24. The van der Waals surface area contributed by atoms with Crippen LogP contribution < -0.4 is 4.74 Å². The monoisotopic (exact) mass is 246 g/mol. The van der Waals surface area contributed by atoms with E-state index in [1.807, 2.05) is 12.1 Å². The number of aryl methyl sites for hydroxylation is 1. The molecular formula is C15H15ClO. The summed E-state index contributed by atoms with van der Waals surface area (Å²) in [5, 5.41) is 0. The van der Waals surface area contributed by atoms with Crippen LogP contribution in [0.2, 0.25) is 0 Å². The van der Waals surface area contributed by atoms with Gasteiger partial charge in [-0.2, -0.15) is 0 Å². The predicted octanol–water partition coefficient (Wildman–Crippen LogP) is 4.17. The Bertz CT molecular complexity index is 481. The summed E-state index contributed by atoms with van der Waals surface area (Å²) in [6.45, 7) is 0. The molecule has 1 aliphatic heterocycles. The number of para-hydroxylation sites is 1. The lowest BCUT2D eigenvalue weighted by atomic mass is 9.98. The zero-order chi connectivity index (χ0) is 10.8. The molecule has 2 heteroatoms. The average Bonchev–Trinajstić information content (AvgIpc) is 2.39. The average molecular weight is 247 g/mol. The van der Waals surface area contributed by atoms with Crippen molar-refractivity contribution < 1.29 is 4.74 Å². The Morgan fingerprint density at radius 3 is 2.41 bits per heavy atom. The minimum Gasteiger partial charge on any atom is -0.485 e. The molecule has 0 amide bonds. The summed E-state index contributed by atoms with van der Waals surface area (Å²) in [4.78, 5) is 0. The standard InChI is InChI=1S/C15H14O.ClH/c1-2-6-12(7-3-1)15-11-10-13-8-4-5-9-14(13)16-15;/h1-9,15H,10-11H2;1H. The van der Waals surface area contributed by atoms with Crippen molar-refractivity contribution in [2.75, 3.05) is 0 Å². The van der Waals surface area contributed by atoms with Crippen LogP contribution in [0.4, 0.5) is 0 Å². The van der Waals surface area contributed by atoms with Crippen molar-refractivity contribution in [3.63, 3.8) is 0 Å². The quantitative estimate of drug-likeness (QED) is 0.734. The first-order chi connectivity index (χ1) is 7.93.